The molecule has 0 amide bonds. The average Bonchev–Trinajstić information content (AvgIpc) is 2.55. The van der Waals surface area contributed by atoms with Gasteiger partial charge in [-0.2, -0.15) is 0 Å². The summed E-state index contributed by atoms with van der Waals surface area (Å²) < 4.78 is 28.7. The fraction of sp³-hybridized carbons (Fsp3) is 0.0909. The number of hydrogen-bond acceptors (Lipinski definition) is 0. The maximum Gasteiger partial charge on any atom is 0.135 e. The van der Waals surface area contributed by atoms with E-state index in [4.69, 9.17) is 0 Å². The second-order valence-corrected chi connectivity index (χ2v) is 5.80. The fourth-order valence-electron chi connectivity index (χ4n) is 2.42. The van der Waals surface area contributed by atoms with Crippen LogP contribution in [0.3, 0.4) is 0 Å². The van der Waals surface area contributed by atoms with Gasteiger partial charge < -0.3 is 0 Å². The fourth-order valence-corrected chi connectivity index (χ4v) is 2.42. The van der Waals surface area contributed by atoms with E-state index in [1.165, 1.54) is 12.1 Å². The van der Waals surface area contributed by atoms with Gasteiger partial charge in [0.1, 0.15) is 11.6 Å². The highest BCUT2D eigenvalue weighted by atomic mass is 19.1. The van der Waals surface area contributed by atoms with Gasteiger partial charge in [0.25, 0.3) is 0 Å². The summed E-state index contributed by atoms with van der Waals surface area (Å²) in [6.07, 6.45) is 0. The molecule has 0 aromatic heterocycles. The van der Waals surface area contributed by atoms with Crippen molar-refractivity contribution < 1.29 is 8.78 Å². The van der Waals surface area contributed by atoms with Gasteiger partial charge in [-0.25, -0.2) is 8.78 Å². The summed E-state index contributed by atoms with van der Waals surface area (Å²) >= 11 is 0. The molecule has 3 aromatic rings. The smallest absolute Gasteiger partial charge is 0.135 e. The van der Waals surface area contributed by atoms with Crippen LogP contribution in [0.2, 0.25) is 0 Å². The van der Waals surface area contributed by atoms with E-state index in [1.54, 1.807) is 12.1 Å². The van der Waals surface area contributed by atoms with Crippen LogP contribution >= 0.6 is 0 Å². The monoisotopic (exact) mass is 318 g/mol. The molecule has 0 aliphatic heterocycles. The largest absolute Gasteiger partial charge is 0.206 e. The Morgan fingerprint density at radius 1 is 0.625 bits per heavy atom. The molecule has 0 bridgehead atoms. The van der Waals surface area contributed by atoms with Crippen molar-refractivity contribution in [2.45, 2.75) is 13.8 Å². The lowest BCUT2D eigenvalue weighted by molar-refractivity contribution is 0.589. The lowest BCUT2D eigenvalue weighted by Crippen LogP contribution is -1.92. The predicted molar refractivity (Wildman–Crippen MR) is 93.7 cm³/mol. The molecule has 0 saturated carbocycles. The maximum absolute atomic E-state index is 14.4. The molecule has 0 radical (unpaired) electrons. The maximum atomic E-state index is 14.4. The van der Waals surface area contributed by atoms with Crippen molar-refractivity contribution in [1.82, 2.24) is 0 Å². The minimum Gasteiger partial charge on any atom is -0.206 e. The van der Waals surface area contributed by atoms with Crippen LogP contribution in [-0.2, 0) is 0 Å². The second kappa shape index (κ2) is 6.68. The average molecular weight is 318 g/mol. The quantitative estimate of drug-likeness (QED) is 0.509. The Labute approximate surface area is 140 Å². The molecule has 0 heterocycles. The van der Waals surface area contributed by atoms with Crippen molar-refractivity contribution in [2.75, 3.05) is 0 Å². The van der Waals surface area contributed by atoms with E-state index in [0.29, 0.717) is 11.1 Å². The molecule has 3 aromatic carbocycles. The summed E-state index contributed by atoms with van der Waals surface area (Å²) in [5.74, 6) is 4.54. The van der Waals surface area contributed by atoms with Gasteiger partial charge >= 0.3 is 0 Å². The Morgan fingerprint density at radius 3 is 1.62 bits per heavy atom. The van der Waals surface area contributed by atoms with E-state index in [0.717, 1.165) is 16.7 Å². The topological polar surface area (TPSA) is 0 Å². The Bertz CT molecular complexity index is 901. The minimum absolute atomic E-state index is 0.0177. The molecule has 0 N–H and O–H groups in total. The molecule has 0 atom stereocenters. The molecule has 3 rings (SSSR count). The van der Waals surface area contributed by atoms with Crippen LogP contribution in [0.15, 0.2) is 60.7 Å². The third-order valence-corrected chi connectivity index (χ3v) is 3.79. The van der Waals surface area contributed by atoms with Crippen molar-refractivity contribution in [3.63, 3.8) is 0 Å². The van der Waals surface area contributed by atoms with Crippen LogP contribution in [0.25, 0.3) is 11.1 Å². The molecule has 118 valence electrons. The number of benzene rings is 3. The molecule has 0 spiro atoms. The normalized spacial score (nSPS) is 10.2. The predicted octanol–water partition coefficient (Wildman–Crippen LogP) is 5.65. The van der Waals surface area contributed by atoms with Crippen LogP contribution < -0.4 is 0 Å². The molecule has 0 aliphatic carbocycles. The highest BCUT2D eigenvalue weighted by molar-refractivity contribution is 5.66. The summed E-state index contributed by atoms with van der Waals surface area (Å²) in [7, 11) is 0. The first kappa shape index (κ1) is 16.0. The highest BCUT2D eigenvalue weighted by Gasteiger charge is 2.12. The van der Waals surface area contributed by atoms with Crippen molar-refractivity contribution in [1.29, 1.82) is 0 Å². The zero-order valence-electron chi connectivity index (χ0n) is 13.5. The van der Waals surface area contributed by atoms with Crippen molar-refractivity contribution >= 4 is 0 Å². The highest BCUT2D eigenvalue weighted by Crippen LogP contribution is 2.27. The van der Waals surface area contributed by atoms with Crippen LogP contribution in [0.4, 0.5) is 8.78 Å². The Kier molecular flexibility index (Phi) is 4.44. The molecular weight excluding hydrogens is 302 g/mol. The van der Waals surface area contributed by atoms with Gasteiger partial charge in [-0.05, 0) is 43.7 Å². The summed E-state index contributed by atoms with van der Waals surface area (Å²) in [6, 6.07) is 17.3. The minimum atomic E-state index is -0.605. The molecule has 0 aliphatic rings. The van der Waals surface area contributed by atoms with E-state index in [-0.39, 0.29) is 5.56 Å². The molecule has 0 saturated heterocycles. The third-order valence-electron chi connectivity index (χ3n) is 3.79. The molecule has 0 unspecified atom stereocenters. The lowest BCUT2D eigenvalue weighted by Gasteiger charge is -2.06. The Morgan fingerprint density at radius 2 is 1.08 bits per heavy atom. The summed E-state index contributed by atoms with van der Waals surface area (Å²) in [4.78, 5) is 0. The molecule has 24 heavy (non-hydrogen) atoms. The van der Waals surface area contributed by atoms with Crippen molar-refractivity contribution in [3.05, 3.63) is 94.6 Å². The molecule has 2 heteroatoms. The van der Waals surface area contributed by atoms with Crippen LogP contribution in [-0.4, -0.2) is 0 Å². The molecule has 0 nitrogen and oxygen atoms in total. The van der Waals surface area contributed by atoms with Crippen LogP contribution in [0.5, 0.6) is 0 Å². The van der Waals surface area contributed by atoms with Gasteiger partial charge in [-0.3, -0.25) is 0 Å². The lowest BCUT2D eigenvalue weighted by atomic mass is 10.0. The molecule has 0 fully saturated rings. The van der Waals surface area contributed by atoms with E-state index in [2.05, 4.69) is 11.8 Å². The zero-order valence-corrected chi connectivity index (χ0v) is 13.5. The van der Waals surface area contributed by atoms with Gasteiger partial charge in [0.05, 0.1) is 5.56 Å². The van der Waals surface area contributed by atoms with Gasteiger partial charge in [-0.1, -0.05) is 59.4 Å². The Hall–Kier alpha value is -2.92. The standard InChI is InChI=1S/C22H16F2/c1-15-3-7-17(8-4-15)9-10-18-13-20(23)22(21(24)14-18)19-11-5-16(2)6-12-19/h3-8,11-14H,1-2H3. The third kappa shape index (κ3) is 3.52. The Balaban J connectivity index is 1.96. The summed E-state index contributed by atoms with van der Waals surface area (Å²) in [6.45, 7) is 3.92. The first-order valence-electron chi connectivity index (χ1n) is 7.68. The first-order valence-corrected chi connectivity index (χ1v) is 7.68. The summed E-state index contributed by atoms with van der Waals surface area (Å²) in [5.41, 5.74) is 3.82. The van der Waals surface area contributed by atoms with Gasteiger partial charge in [0.2, 0.25) is 0 Å². The van der Waals surface area contributed by atoms with Gasteiger partial charge in [0.15, 0.2) is 0 Å². The van der Waals surface area contributed by atoms with Crippen LogP contribution in [0, 0.1) is 37.3 Å². The zero-order chi connectivity index (χ0) is 17.1. The van der Waals surface area contributed by atoms with Gasteiger partial charge in [-0.15, -0.1) is 0 Å². The SMILES string of the molecule is Cc1ccc(C#Cc2cc(F)c(-c3ccc(C)cc3)c(F)c2)cc1. The number of hydrogen-bond donors (Lipinski definition) is 0. The van der Waals surface area contributed by atoms with E-state index < -0.39 is 11.6 Å². The number of aryl methyl sites for hydroxylation is 2. The van der Waals surface area contributed by atoms with E-state index >= 15 is 0 Å². The van der Waals surface area contributed by atoms with E-state index in [9.17, 15) is 8.78 Å². The first-order chi connectivity index (χ1) is 11.5. The van der Waals surface area contributed by atoms with Crippen molar-refractivity contribution in [3.8, 4) is 23.0 Å². The molecular formula is C22H16F2. The number of rotatable bonds is 1. The second-order valence-electron chi connectivity index (χ2n) is 5.80. The van der Waals surface area contributed by atoms with Crippen LogP contribution in [0.1, 0.15) is 22.3 Å². The number of halogens is 2. The van der Waals surface area contributed by atoms with Crippen molar-refractivity contribution in [2.24, 2.45) is 0 Å². The van der Waals surface area contributed by atoms with E-state index in [1.807, 2.05) is 50.2 Å². The van der Waals surface area contributed by atoms with Gasteiger partial charge in [0, 0.05) is 11.1 Å². The summed E-state index contributed by atoms with van der Waals surface area (Å²) in [5, 5.41) is 0.